The van der Waals surface area contributed by atoms with E-state index in [1.54, 1.807) is 6.07 Å². The molecule has 6 heteroatoms. The molecule has 0 aliphatic rings. The zero-order chi connectivity index (χ0) is 14.5. The Balaban J connectivity index is 2.39. The molecule has 0 radical (unpaired) electrons. The van der Waals surface area contributed by atoms with Crippen molar-refractivity contribution >= 4 is 16.8 Å². The number of benzene rings is 1. The van der Waals surface area contributed by atoms with Crippen molar-refractivity contribution in [1.82, 2.24) is 10.2 Å². The first-order valence-electron chi connectivity index (χ1n) is 6.10. The average molecular weight is 293 g/mol. The van der Waals surface area contributed by atoms with E-state index in [2.05, 4.69) is 10.2 Å². The number of aromatic nitrogens is 2. The molecule has 0 amide bonds. The van der Waals surface area contributed by atoms with Crippen molar-refractivity contribution in [2.45, 2.75) is 13.3 Å². The molecule has 1 N–H and O–H groups in total. The molecule has 0 bridgehead atoms. The summed E-state index contributed by atoms with van der Waals surface area (Å²) in [5.41, 5.74) is 1.22. The third-order valence-corrected chi connectivity index (χ3v) is 2.78. The number of nitrogens with zero attached hydrogens (tertiary/aromatic N) is 1. The maximum Gasteiger partial charge on any atom is 0.267 e. The SMILES string of the molecule is CCOc1cccc(-c2cc(CC(=O)Cl)c(=O)[nH]n2)c1. The fourth-order valence-corrected chi connectivity index (χ4v) is 1.93. The molecule has 1 heterocycles. The highest BCUT2D eigenvalue weighted by Crippen LogP contribution is 2.22. The third kappa shape index (κ3) is 3.45. The van der Waals surface area contributed by atoms with Crippen LogP contribution in [0.15, 0.2) is 35.1 Å². The Kier molecular flexibility index (Phi) is 4.53. The van der Waals surface area contributed by atoms with Gasteiger partial charge in [0.1, 0.15) is 5.75 Å². The van der Waals surface area contributed by atoms with Gasteiger partial charge in [-0.2, -0.15) is 5.10 Å². The van der Waals surface area contributed by atoms with E-state index in [1.807, 2.05) is 31.2 Å². The standard InChI is InChI=1S/C14H13ClN2O3/c1-2-20-11-5-3-4-9(6-11)12-7-10(8-13(15)18)14(19)17-16-12/h3-7H,2,8H2,1H3,(H,17,19). The van der Waals surface area contributed by atoms with Crippen molar-refractivity contribution in [2.75, 3.05) is 6.61 Å². The van der Waals surface area contributed by atoms with Gasteiger partial charge in [0.05, 0.1) is 18.7 Å². The number of carbonyl (C=O) groups excluding carboxylic acids is 1. The molecular formula is C14H13ClN2O3. The van der Waals surface area contributed by atoms with Gasteiger partial charge in [-0.3, -0.25) is 9.59 Å². The van der Waals surface area contributed by atoms with Crippen molar-refractivity contribution in [3.05, 3.63) is 46.2 Å². The minimum Gasteiger partial charge on any atom is -0.494 e. The van der Waals surface area contributed by atoms with Gasteiger partial charge in [0.2, 0.25) is 5.24 Å². The van der Waals surface area contributed by atoms with Crippen LogP contribution in [0.25, 0.3) is 11.3 Å². The van der Waals surface area contributed by atoms with E-state index in [1.165, 1.54) is 0 Å². The van der Waals surface area contributed by atoms with Crippen molar-refractivity contribution in [3.63, 3.8) is 0 Å². The molecule has 5 nitrogen and oxygen atoms in total. The summed E-state index contributed by atoms with van der Waals surface area (Å²) in [7, 11) is 0. The zero-order valence-electron chi connectivity index (χ0n) is 10.9. The summed E-state index contributed by atoms with van der Waals surface area (Å²) in [6.45, 7) is 2.46. The fraction of sp³-hybridized carbons (Fsp3) is 0.214. The van der Waals surface area contributed by atoms with Crippen molar-refractivity contribution in [1.29, 1.82) is 0 Å². The van der Waals surface area contributed by atoms with Gasteiger partial charge in [-0.1, -0.05) is 12.1 Å². The van der Waals surface area contributed by atoms with E-state index in [0.29, 0.717) is 18.1 Å². The molecule has 0 saturated heterocycles. The molecule has 0 aliphatic carbocycles. The number of H-pyrrole nitrogens is 1. The lowest BCUT2D eigenvalue weighted by Crippen LogP contribution is -2.16. The molecule has 0 fully saturated rings. The first-order valence-corrected chi connectivity index (χ1v) is 6.48. The van der Waals surface area contributed by atoms with E-state index in [-0.39, 0.29) is 12.0 Å². The van der Waals surface area contributed by atoms with Crippen molar-refractivity contribution in [3.8, 4) is 17.0 Å². The van der Waals surface area contributed by atoms with Gasteiger partial charge in [-0.05, 0) is 36.7 Å². The second-order valence-corrected chi connectivity index (χ2v) is 4.52. The van der Waals surface area contributed by atoms with Crippen LogP contribution < -0.4 is 10.3 Å². The predicted octanol–water partition coefficient (Wildman–Crippen LogP) is 2.14. The van der Waals surface area contributed by atoms with Crippen molar-refractivity contribution < 1.29 is 9.53 Å². The summed E-state index contributed by atoms with van der Waals surface area (Å²) in [6, 6.07) is 8.89. The highest BCUT2D eigenvalue weighted by molar-refractivity contribution is 6.63. The van der Waals surface area contributed by atoms with Gasteiger partial charge in [0.25, 0.3) is 5.56 Å². The largest absolute Gasteiger partial charge is 0.494 e. The maximum absolute atomic E-state index is 11.6. The van der Waals surface area contributed by atoms with Gasteiger partial charge in [-0.25, -0.2) is 5.10 Å². The minimum absolute atomic E-state index is 0.127. The van der Waals surface area contributed by atoms with Crippen LogP contribution in [0.3, 0.4) is 0 Å². The van der Waals surface area contributed by atoms with Gasteiger partial charge < -0.3 is 4.74 Å². The fourth-order valence-electron chi connectivity index (χ4n) is 1.79. The monoisotopic (exact) mass is 292 g/mol. The molecule has 1 aromatic heterocycles. The quantitative estimate of drug-likeness (QED) is 0.857. The number of ether oxygens (including phenoxy) is 1. The molecular weight excluding hydrogens is 280 g/mol. The topological polar surface area (TPSA) is 72.1 Å². The van der Waals surface area contributed by atoms with Gasteiger partial charge in [0, 0.05) is 11.1 Å². The lowest BCUT2D eigenvalue weighted by atomic mass is 10.1. The summed E-state index contributed by atoms with van der Waals surface area (Å²) in [4.78, 5) is 22.5. The Morgan fingerprint density at radius 2 is 2.20 bits per heavy atom. The second kappa shape index (κ2) is 6.34. The zero-order valence-corrected chi connectivity index (χ0v) is 11.6. The van der Waals surface area contributed by atoms with Crippen LogP contribution in [-0.2, 0) is 11.2 Å². The second-order valence-electron chi connectivity index (χ2n) is 4.10. The van der Waals surface area contributed by atoms with Crippen LogP contribution in [0.1, 0.15) is 12.5 Å². The van der Waals surface area contributed by atoms with Crippen LogP contribution in [0, 0.1) is 0 Å². The van der Waals surface area contributed by atoms with Crippen LogP contribution in [0.2, 0.25) is 0 Å². The molecule has 0 atom stereocenters. The Morgan fingerprint density at radius 3 is 2.90 bits per heavy atom. The predicted molar refractivity (Wildman–Crippen MR) is 76.0 cm³/mol. The summed E-state index contributed by atoms with van der Waals surface area (Å²) in [5.74, 6) is 0.716. The summed E-state index contributed by atoms with van der Waals surface area (Å²) in [6.07, 6.45) is -0.127. The van der Waals surface area contributed by atoms with Gasteiger partial charge in [0.15, 0.2) is 0 Å². The number of carbonyl (C=O) groups is 1. The minimum atomic E-state index is -0.587. The summed E-state index contributed by atoms with van der Waals surface area (Å²) < 4.78 is 5.41. The van der Waals surface area contributed by atoms with E-state index in [0.717, 1.165) is 5.56 Å². The average Bonchev–Trinajstić information content (AvgIpc) is 2.41. The Morgan fingerprint density at radius 1 is 1.40 bits per heavy atom. The summed E-state index contributed by atoms with van der Waals surface area (Å²) in [5, 5.41) is 5.75. The maximum atomic E-state index is 11.6. The van der Waals surface area contributed by atoms with Crippen molar-refractivity contribution in [2.24, 2.45) is 0 Å². The molecule has 0 unspecified atom stereocenters. The molecule has 2 aromatic rings. The molecule has 0 spiro atoms. The number of nitrogens with one attached hydrogen (secondary N) is 1. The summed E-state index contributed by atoms with van der Waals surface area (Å²) >= 11 is 5.32. The Hall–Kier alpha value is -2.14. The number of hydrogen-bond donors (Lipinski definition) is 1. The molecule has 0 saturated carbocycles. The van der Waals surface area contributed by atoms with Crippen LogP contribution in [-0.4, -0.2) is 22.0 Å². The van der Waals surface area contributed by atoms with Gasteiger partial charge >= 0.3 is 0 Å². The molecule has 2 rings (SSSR count). The van der Waals surface area contributed by atoms with Crippen LogP contribution in [0.4, 0.5) is 0 Å². The van der Waals surface area contributed by atoms with E-state index in [9.17, 15) is 9.59 Å². The van der Waals surface area contributed by atoms with Gasteiger partial charge in [-0.15, -0.1) is 0 Å². The Labute approximate surface area is 120 Å². The van der Waals surface area contributed by atoms with Crippen LogP contribution in [0.5, 0.6) is 5.75 Å². The highest BCUT2D eigenvalue weighted by atomic mass is 35.5. The normalized spacial score (nSPS) is 10.3. The third-order valence-electron chi connectivity index (χ3n) is 2.65. The molecule has 20 heavy (non-hydrogen) atoms. The smallest absolute Gasteiger partial charge is 0.267 e. The van der Waals surface area contributed by atoms with Crippen LogP contribution >= 0.6 is 11.6 Å². The van der Waals surface area contributed by atoms with E-state index >= 15 is 0 Å². The molecule has 104 valence electrons. The number of rotatable bonds is 5. The highest BCUT2D eigenvalue weighted by Gasteiger charge is 2.09. The lowest BCUT2D eigenvalue weighted by Gasteiger charge is -2.06. The lowest BCUT2D eigenvalue weighted by molar-refractivity contribution is -0.111. The molecule has 1 aromatic carbocycles. The number of halogens is 1. The number of hydrogen-bond acceptors (Lipinski definition) is 4. The molecule has 0 aliphatic heterocycles. The first kappa shape index (κ1) is 14.3. The van der Waals surface area contributed by atoms with E-state index < -0.39 is 10.8 Å². The number of aromatic amines is 1. The Bertz CT molecular complexity index is 682. The van der Waals surface area contributed by atoms with E-state index in [4.69, 9.17) is 16.3 Å². The first-order chi connectivity index (χ1) is 9.60.